The normalized spacial score (nSPS) is 23.9. The summed E-state index contributed by atoms with van der Waals surface area (Å²) in [7, 11) is 0. The van der Waals surface area contributed by atoms with Gasteiger partial charge in [-0.15, -0.1) is 0 Å². The number of nitrogens with zero attached hydrogens (tertiary/aromatic N) is 4. The molecule has 1 aliphatic rings. The molecule has 2 rings (SSSR count). The third-order valence-corrected chi connectivity index (χ3v) is 2.65. The number of hydrogen-bond acceptors (Lipinski definition) is 5. The fraction of sp³-hybridized carbons (Fsp3) is 0.556. The average Bonchev–Trinajstić information content (AvgIpc) is 2.86. The van der Waals surface area contributed by atoms with Gasteiger partial charge >= 0.3 is 5.97 Å². The van der Waals surface area contributed by atoms with E-state index in [4.69, 9.17) is 5.11 Å². The highest BCUT2D eigenvalue weighted by Gasteiger charge is 2.38. The molecule has 2 N–H and O–H groups in total. The molecular formula is C9H12N4O4. The van der Waals surface area contributed by atoms with E-state index < -0.39 is 18.1 Å². The van der Waals surface area contributed by atoms with E-state index in [0.29, 0.717) is 0 Å². The molecule has 1 fully saturated rings. The first kappa shape index (κ1) is 11.5. The third kappa shape index (κ3) is 2.41. The molecule has 0 radical (unpaired) electrons. The second-order valence-corrected chi connectivity index (χ2v) is 3.88. The number of aliphatic hydroxyl groups is 1. The van der Waals surface area contributed by atoms with E-state index in [0.717, 1.165) is 4.90 Å². The smallest absolute Gasteiger partial charge is 0.326 e. The van der Waals surface area contributed by atoms with E-state index >= 15 is 0 Å². The van der Waals surface area contributed by atoms with Crippen molar-refractivity contribution in [2.75, 3.05) is 6.54 Å². The lowest BCUT2D eigenvalue weighted by Gasteiger charge is -2.20. The number of carboxylic acids is 1. The maximum Gasteiger partial charge on any atom is 0.326 e. The number of carbonyl (C=O) groups is 2. The molecule has 0 aliphatic carbocycles. The van der Waals surface area contributed by atoms with Crippen LogP contribution in [-0.2, 0) is 16.1 Å². The van der Waals surface area contributed by atoms with Crippen molar-refractivity contribution in [3.05, 3.63) is 12.7 Å². The van der Waals surface area contributed by atoms with Crippen molar-refractivity contribution < 1.29 is 19.8 Å². The number of rotatable bonds is 3. The standard InChI is InChI=1S/C9H12N4O4/c14-6-1-7(9(16)17)13(2-6)8(15)3-12-5-10-4-11-12/h4-7,14H,1-3H2,(H,16,17)/t6-,7-/m1/s1. The summed E-state index contributed by atoms with van der Waals surface area (Å²) >= 11 is 0. The molecule has 0 unspecified atom stereocenters. The van der Waals surface area contributed by atoms with Crippen LogP contribution in [0.1, 0.15) is 6.42 Å². The Morgan fingerprint density at radius 1 is 1.47 bits per heavy atom. The van der Waals surface area contributed by atoms with Crippen molar-refractivity contribution >= 4 is 11.9 Å². The average molecular weight is 240 g/mol. The second-order valence-electron chi connectivity index (χ2n) is 3.88. The topological polar surface area (TPSA) is 109 Å². The second kappa shape index (κ2) is 4.50. The molecule has 1 saturated heterocycles. The van der Waals surface area contributed by atoms with Gasteiger partial charge in [-0.1, -0.05) is 0 Å². The quantitative estimate of drug-likeness (QED) is 0.653. The zero-order valence-corrected chi connectivity index (χ0v) is 8.93. The zero-order chi connectivity index (χ0) is 12.4. The Hall–Kier alpha value is -1.96. The van der Waals surface area contributed by atoms with Gasteiger partial charge in [-0.25, -0.2) is 14.5 Å². The van der Waals surface area contributed by atoms with Gasteiger partial charge in [0, 0.05) is 13.0 Å². The van der Waals surface area contributed by atoms with Gasteiger partial charge in [-0.3, -0.25) is 4.79 Å². The predicted molar refractivity (Wildman–Crippen MR) is 53.8 cm³/mol. The Kier molecular flexibility index (Phi) is 3.05. The molecule has 8 nitrogen and oxygen atoms in total. The summed E-state index contributed by atoms with van der Waals surface area (Å²) in [5.74, 6) is -1.49. The Morgan fingerprint density at radius 2 is 2.24 bits per heavy atom. The summed E-state index contributed by atoms with van der Waals surface area (Å²) in [4.78, 5) is 27.6. The largest absolute Gasteiger partial charge is 0.480 e. The highest BCUT2D eigenvalue weighted by atomic mass is 16.4. The van der Waals surface area contributed by atoms with Crippen LogP contribution >= 0.6 is 0 Å². The molecule has 1 amide bonds. The number of aliphatic hydroxyl groups excluding tert-OH is 1. The van der Waals surface area contributed by atoms with E-state index in [1.54, 1.807) is 0 Å². The summed E-state index contributed by atoms with van der Waals surface area (Å²) in [5, 5.41) is 22.1. The van der Waals surface area contributed by atoms with Crippen LogP contribution in [0.4, 0.5) is 0 Å². The summed E-state index contributed by atoms with van der Waals surface area (Å²) in [6.45, 7) is -0.0268. The van der Waals surface area contributed by atoms with Gasteiger partial charge in [-0.05, 0) is 0 Å². The van der Waals surface area contributed by atoms with Gasteiger partial charge in [0.05, 0.1) is 6.10 Å². The van der Waals surface area contributed by atoms with Gasteiger partial charge in [-0.2, -0.15) is 5.10 Å². The number of carboxylic acid groups (broad SMARTS) is 1. The number of β-amino-alcohol motifs (C(OH)–C–C–N with tert-alkyl or cyclic N) is 1. The molecule has 8 heteroatoms. The molecule has 2 atom stereocenters. The van der Waals surface area contributed by atoms with Gasteiger partial charge in [0.2, 0.25) is 5.91 Å². The molecule has 1 aromatic heterocycles. The fourth-order valence-corrected chi connectivity index (χ4v) is 1.87. The maximum atomic E-state index is 11.8. The highest BCUT2D eigenvalue weighted by molar-refractivity contribution is 5.84. The number of aliphatic carboxylic acids is 1. The number of aromatic nitrogens is 3. The zero-order valence-electron chi connectivity index (χ0n) is 8.93. The Bertz CT molecular complexity index is 419. The third-order valence-electron chi connectivity index (χ3n) is 2.65. The van der Waals surface area contributed by atoms with E-state index in [1.807, 2.05) is 0 Å². The van der Waals surface area contributed by atoms with Crippen LogP contribution in [0, 0.1) is 0 Å². The summed E-state index contributed by atoms with van der Waals surface area (Å²) in [5.41, 5.74) is 0. The van der Waals surface area contributed by atoms with Crippen LogP contribution in [0.3, 0.4) is 0 Å². The van der Waals surface area contributed by atoms with Crippen LogP contribution in [0.5, 0.6) is 0 Å². The summed E-state index contributed by atoms with van der Waals surface area (Å²) in [6, 6.07) is -0.957. The Labute approximate surface area is 96.5 Å². The maximum absolute atomic E-state index is 11.8. The molecule has 0 bridgehead atoms. The first-order chi connectivity index (χ1) is 8.08. The van der Waals surface area contributed by atoms with Crippen molar-refractivity contribution in [2.24, 2.45) is 0 Å². The Balaban J connectivity index is 2.05. The molecule has 2 heterocycles. The van der Waals surface area contributed by atoms with Crippen LogP contribution < -0.4 is 0 Å². The number of likely N-dealkylation sites (tertiary alicyclic amines) is 1. The molecular weight excluding hydrogens is 228 g/mol. The SMILES string of the molecule is O=C(O)[C@H]1C[C@@H](O)CN1C(=O)Cn1cncn1. The minimum Gasteiger partial charge on any atom is -0.480 e. The van der Waals surface area contributed by atoms with Crippen molar-refractivity contribution in [3.63, 3.8) is 0 Å². The number of hydrogen-bond donors (Lipinski definition) is 2. The lowest BCUT2D eigenvalue weighted by Crippen LogP contribution is -2.42. The van der Waals surface area contributed by atoms with Gasteiger partial charge in [0.1, 0.15) is 25.2 Å². The molecule has 0 saturated carbocycles. The lowest BCUT2D eigenvalue weighted by molar-refractivity contribution is -0.148. The number of carbonyl (C=O) groups excluding carboxylic acids is 1. The van der Waals surface area contributed by atoms with Gasteiger partial charge in [0.15, 0.2) is 0 Å². The van der Waals surface area contributed by atoms with E-state index in [-0.39, 0.29) is 25.4 Å². The van der Waals surface area contributed by atoms with Crippen molar-refractivity contribution in [3.8, 4) is 0 Å². The highest BCUT2D eigenvalue weighted by Crippen LogP contribution is 2.18. The molecule has 1 aliphatic heterocycles. The monoisotopic (exact) mass is 240 g/mol. The first-order valence-corrected chi connectivity index (χ1v) is 5.10. The first-order valence-electron chi connectivity index (χ1n) is 5.10. The van der Waals surface area contributed by atoms with Gasteiger partial charge < -0.3 is 15.1 Å². The van der Waals surface area contributed by atoms with Crippen LogP contribution in [0.25, 0.3) is 0 Å². The van der Waals surface area contributed by atoms with E-state index in [2.05, 4.69) is 10.1 Å². The van der Waals surface area contributed by atoms with Gasteiger partial charge in [0.25, 0.3) is 0 Å². The molecule has 17 heavy (non-hydrogen) atoms. The van der Waals surface area contributed by atoms with Crippen LogP contribution in [0.2, 0.25) is 0 Å². The van der Waals surface area contributed by atoms with E-state index in [1.165, 1.54) is 17.3 Å². The van der Waals surface area contributed by atoms with Crippen LogP contribution in [-0.4, -0.2) is 60.4 Å². The number of amides is 1. The Morgan fingerprint density at radius 3 is 2.82 bits per heavy atom. The minimum atomic E-state index is -1.10. The lowest BCUT2D eigenvalue weighted by atomic mass is 10.2. The molecule has 0 spiro atoms. The summed E-state index contributed by atoms with van der Waals surface area (Å²) < 4.78 is 1.31. The molecule has 0 aromatic carbocycles. The minimum absolute atomic E-state index is 0.0461. The summed E-state index contributed by atoms with van der Waals surface area (Å²) in [6.07, 6.45) is 1.95. The fourth-order valence-electron chi connectivity index (χ4n) is 1.87. The van der Waals surface area contributed by atoms with Crippen LogP contribution in [0.15, 0.2) is 12.7 Å². The van der Waals surface area contributed by atoms with Crippen molar-refractivity contribution in [1.82, 2.24) is 19.7 Å². The predicted octanol–water partition coefficient (Wildman–Crippen LogP) is -1.68. The van der Waals surface area contributed by atoms with E-state index in [9.17, 15) is 14.7 Å². The van der Waals surface area contributed by atoms with Crippen molar-refractivity contribution in [2.45, 2.75) is 25.1 Å². The molecule has 1 aromatic rings. The van der Waals surface area contributed by atoms with Crippen molar-refractivity contribution in [1.29, 1.82) is 0 Å². The molecule has 92 valence electrons.